The summed E-state index contributed by atoms with van der Waals surface area (Å²) in [4.78, 5) is 22.5. The topological polar surface area (TPSA) is 46.2 Å². The van der Waals surface area contributed by atoms with E-state index in [4.69, 9.17) is 0 Å². The van der Waals surface area contributed by atoms with Crippen LogP contribution >= 0.6 is 0 Å². The average Bonchev–Trinajstić information content (AvgIpc) is 2.54. The van der Waals surface area contributed by atoms with Crippen LogP contribution in [-0.4, -0.2) is 11.8 Å². The SMILES string of the molecule is Cc1cc(C)c(C=C2CC(=O)NC2=O)cc1C. The van der Waals surface area contributed by atoms with E-state index in [1.165, 1.54) is 11.1 Å². The van der Waals surface area contributed by atoms with Gasteiger partial charge in [-0.05, 0) is 49.1 Å². The number of rotatable bonds is 1. The van der Waals surface area contributed by atoms with Crippen LogP contribution in [0.1, 0.15) is 28.7 Å². The maximum Gasteiger partial charge on any atom is 0.254 e. The molecule has 0 aliphatic carbocycles. The van der Waals surface area contributed by atoms with Crippen molar-refractivity contribution in [2.24, 2.45) is 0 Å². The Labute approximate surface area is 101 Å². The summed E-state index contributed by atoms with van der Waals surface area (Å²) in [5.74, 6) is -0.490. The molecule has 1 N–H and O–H groups in total. The van der Waals surface area contributed by atoms with Crippen LogP contribution in [0.15, 0.2) is 17.7 Å². The third-order valence-electron chi connectivity index (χ3n) is 3.11. The van der Waals surface area contributed by atoms with Crippen molar-refractivity contribution >= 4 is 17.9 Å². The highest BCUT2D eigenvalue weighted by Crippen LogP contribution is 2.20. The van der Waals surface area contributed by atoms with Gasteiger partial charge in [0.25, 0.3) is 5.91 Å². The van der Waals surface area contributed by atoms with Gasteiger partial charge in [-0.1, -0.05) is 12.1 Å². The quantitative estimate of drug-likeness (QED) is 0.591. The van der Waals surface area contributed by atoms with Crippen molar-refractivity contribution in [1.82, 2.24) is 5.32 Å². The van der Waals surface area contributed by atoms with Gasteiger partial charge in [-0.2, -0.15) is 0 Å². The Kier molecular flexibility index (Phi) is 2.84. The molecule has 1 heterocycles. The van der Waals surface area contributed by atoms with Gasteiger partial charge in [-0.25, -0.2) is 0 Å². The number of hydrogen-bond acceptors (Lipinski definition) is 2. The Hall–Kier alpha value is -1.90. The number of nitrogens with one attached hydrogen (secondary N) is 1. The van der Waals surface area contributed by atoms with Gasteiger partial charge in [0, 0.05) is 5.57 Å². The number of carbonyl (C=O) groups excluding carboxylic acids is 2. The van der Waals surface area contributed by atoms with Crippen LogP contribution in [0.4, 0.5) is 0 Å². The first kappa shape index (κ1) is 11.6. The summed E-state index contributed by atoms with van der Waals surface area (Å²) in [7, 11) is 0. The molecule has 1 aliphatic heterocycles. The first-order valence-corrected chi connectivity index (χ1v) is 5.60. The van der Waals surface area contributed by atoms with Gasteiger partial charge in [0.15, 0.2) is 0 Å². The minimum atomic E-state index is -0.271. The molecule has 0 radical (unpaired) electrons. The lowest BCUT2D eigenvalue weighted by Crippen LogP contribution is -2.19. The molecule has 88 valence electrons. The van der Waals surface area contributed by atoms with Gasteiger partial charge in [0.05, 0.1) is 6.42 Å². The van der Waals surface area contributed by atoms with Crippen LogP contribution in [0, 0.1) is 20.8 Å². The zero-order valence-electron chi connectivity index (χ0n) is 10.3. The van der Waals surface area contributed by atoms with Crippen LogP contribution in [0.2, 0.25) is 0 Å². The van der Waals surface area contributed by atoms with Crippen LogP contribution in [0.5, 0.6) is 0 Å². The number of benzene rings is 1. The molecule has 0 bridgehead atoms. The third-order valence-corrected chi connectivity index (χ3v) is 3.11. The maximum absolute atomic E-state index is 11.5. The van der Waals surface area contributed by atoms with Crippen molar-refractivity contribution in [1.29, 1.82) is 0 Å². The fourth-order valence-corrected chi connectivity index (χ4v) is 1.95. The molecule has 2 amide bonds. The van der Waals surface area contributed by atoms with Crippen LogP contribution in [-0.2, 0) is 9.59 Å². The third kappa shape index (κ3) is 2.28. The largest absolute Gasteiger partial charge is 0.292 e. The summed E-state index contributed by atoms with van der Waals surface area (Å²) in [5.41, 5.74) is 5.09. The lowest BCUT2D eigenvalue weighted by atomic mass is 9.99. The Morgan fingerprint density at radius 1 is 1.06 bits per heavy atom. The first-order chi connectivity index (χ1) is 7.97. The molecule has 1 aliphatic rings. The standard InChI is InChI=1S/C14H15NO2/c1-8-4-10(3)11(5-9(8)2)6-12-7-13(16)15-14(12)17/h4-6H,7H2,1-3H3,(H,15,16,17). The fourth-order valence-electron chi connectivity index (χ4n) is 1.95. The summed E-state index contributed by atoms with van der Waals surface area (Å²) in [5, 5.41) is 2.29. The molecule has 1 fully saturated rings. The molecule has 0 saturated carbocycles. The van der Waals surface area contributed by atoms with E-state index >= 15 is 0 Å². The molecule has 0 unspecified atom stereocenters. The monoisotopic (exact) mass is 229 g/mol. The van der Waals surface area contributed by atoms with Crippen molar-refractivity contribution in [2.45, 2.75) is 27.2 Å². The highest BCUT2D eigenvalue weighted by molar-refractivity contribution is 6.15. The maximum atomic E-state index is 11.5. The Morgan fingerprint density at radius 3 is 2.29 bits per heavy atom. The van der Waals surface area contributed by atoms with Crippen LogP contribution in [0.3, 0.4) is 0 Å². The molecule has 1 aromatic carbocycles. The molecular formula is C14H15NO2. The highest BCUT2D eigenvalue weighted by atomic mass is 16.2. The van der Waals surface area contributed by atoms with Crippen LogP contribution in [0.25, 0.3) is 6.08 Å². The van der Waals surface area contributed by atoms with Gasteiger partial charge < -0.3 is 0 Å². The number of hydrogen-bond donors (Lipinski definition) is 1. The van der Waals surface area contributed by atoms with E-state index in [-0.39, 0.29) is 18.2 Å². The molecule has 3 nitrogen and oxygen atoms in total. The highest BCUT2D eigenvalue weighted by Gasteiger charge is 2.23. The Morgan fingerprint density at radius 2 is 1.71 bits per heavy atom. The number of imide groups is 1. The van der Waals surface area contributed by atoms with Crippen molar-refractivity contribution in [3.8, 4) is 0 Å². The first-order valence-electron chi connectivity index (χ1n) is 5.60. The van der Waals surface area contributed by atoms with Gasteiger partial charge in [0.2, 0.25) is 5.91 Å². The molecule has 1 saturated heterocycles. The minimum absolute atomic E-state index is 0.186. The zero-order valence-corrected chi connectivity index (χ0v) is 10.3. The van der Waals surface area contributed by atoms with E-state index in [0.29, 0.717) is 5.57 Å². The van der Waals surface area contributed by atoms with E-state index in [1.807, 2.05) is 26.0 Å². The lowest BCUT2D eigenvalue weighted by molar-refractivity contribution is -0.124. The molecule has 1 aromatic rings. The van der Waals surface area contributed by atoms with Gasteiger partial charge >= 0.3 is 0 Å². The molecular weight excluding hydrogens is 214 g/mol. The molecule has 0 atom stereocenters. The smallest absolute Gasteiger partial charge is 0.254 e. The second-order valence-electron chi connectivity index (χ2n) is 4.52. The summed E-state index contributed by atoms with van der Waals surface area (Å²) in [6.07, 6.45) is 1.99. The summed E-state index contributed by atoms with van der Waals surface area (Å²) in [6.45, 7) is 6.11. The van der Waals surface area contributed by atoms with Gasteiger partial charge in [0.1, 0.15) is 0 Å². The van der Waals surface area contributed by atoms with Crippen molar-refractivity contribution in [3.05, 3.63) is 40.0 Å². The summed E-state index contributed by atoms with van der Waals surface area (Å²) >= 11 is 0. The summed E-state index contributed by atoms with van der Waals surface area (Å²) < 4.78 is 0. The van der Waals surface area contributed by atoms with Crippen molar-refractivity contribution in [2.75, 3.05) is 0 Å². The molecule has 0 spiro atoms. The predicted molar refractivity (Wildman–Crippen MR) is 66.4 cm³/mol. The van der Waals surface area contributed by atoms with E-state index in [9.17, 15) is 9.59 Å². The average molecular weight is 229 g/mol. The van der Waals surface area contributed by atoms with E-state index < -0.39 is 0 Å². The van der Waals surface area contributed by atoms with E-state index in [1.54, 1.807) is 0 Å². The normalized spacial score (nSPS) is 17.7. The molecule has 0 aromatic heterocycles. The fraction of sp³-hybridized carbons (Fsp3) is 0.286. The van der Waals surface area contributed by atoms with E-state index in [0.717, 1.165) is 11.1 Å². The molecule has 3 heteroatoms. The Bertz CT molecular complexity index is 541. The zero-order chi connectivity index (χ0) is 12.6. The number of carbonyl (C=O) groups is 2. The van der Waals surface area contributed by atoms with Crippen LogP contribution < -0.4 is 5.32 Å². The predicted octanol–water partition coefficient (Wildman–Crippen LogP) is 2.04. The molecule has 17 heavy (non-hydrogen) atoms. The number of amides is 2. The van der Waals surface area contributed by atoms with Gasteiger partial charge in [-0.15, -0.1) is 0 Å². The van der Waals surface area contributed by atoms with E-state index in [2.05, 4.69) is 18.3 Å². The van der Waals surface area contributed by atoms with Gasteiger partial charge in [-0.3, -0.25) is 14.9 Å². The summed E-state index contributed by atoms with van der Waals surface area (Å²) in [6, 6.07) is 4.14. The van der Waals surface area contributed by atoms with Crippen molar-refractivity contribution < 1.29 is 9.59 Å². The Balaban J connectivity index is 2.42. The minimum Gasteiger partial charge on any atom is -0.292 e. The molecule has 2 rings (SSSR count). The van der Waals surface area contributed by atoms with Crippen molar-refractivity contribution in [3.63, 3.8) is 0 Å². The lowest BCUT2D eigenvalue weighted by Gasteiger charge is -2.06. The second-order valence-corrected chi connectivity index (χ2v) is 4.52. The number of aryl methyl sites for hydroxylation is 3. The second kappa shape index (κ2) is 4.17.